The summed E-state index contributed by atoms with van der Waals surface area (Å²) < 4.78 is 3.78. The zero-order chi connectivity index (χ0) is 29.4. The second-order valence-corrected chi connectivity index (χ2v) is 50.3. The Morgan fingerprint density at radius 3 is 1.11 bits per heavy atom. The second-order valence-electron chi connectivity index (χ2n) is 12.4. The molecule has 0 fully saturated rings. The quantitative estimate of drug-likeness (QED) is 0.150. The summed E-state index contributed by atoms with van der Waals surface area (Å²) in [6, 6.07) is 65.5. The standard InChI is InChI=1S/C12H11Si.2C9H7.2C6H5.Hf/c1-3-7-11(8-4-1)13-12-9-5-2-6-10-12;2*1-2-5-9-7-3-6-8(9)4-1;2*1-2-4-6-5-3-1;/h1-10,13H;2*1-7H;2*1-5H;. The van der Waals surface area contributed by atoms with Gasteiger partial charge in [-0.25, -0.2) is 0 Å². The number of benzene rings is 6. The Bertz CT molecular complexity index is 1840. The van der Waals surface area contributed by atoms with E-state index in [1.807, 2.05) is 0 Å². The number of hydrogen-bond donors (Lipinski definition) is 0. The number of rotatable bonds is 7. The first-order valence-corrected chi connectivity index (χ1v) is 31.4. The van der Waals surface area contributed by atoms with Gasteiger partial charge in [0, 0.05) is 0 Å². The third-order valence-corrected chi connectivity index (χ3v) is 70.8. The molecule has 2 aliphatic carbocycles. The van der Waals surface area contributed by atoms with Crippen molar-refractivity contribution in [3.63, 3.8) is 0 Å². The monoisotopic (exact) mass is 747 g/mol. The first kappa shape index (κ1) is 27.4. The normalized spacial score (nSPS) is 17.6. The molecule has 8 rings (SSSR count). The molecule has 44 heavy (non-hydrogen) atoms. The van der Waals surface area contributed by atoms with Gasteiger partial charge in [0.2, 0.25) is 0 Å². The molecule has 2 atom stereocenters. The average molecular weight is 746 g/mol. The summed E-state index contributed by atoms with van der Waals surface area (Å²) in [5.74, 6) is -2.10. The van der Waals surface area contributed by atoms with E-state index in [1.54, 1.807) is 6.64 Å². The Hall–Kier alpha value is -4.11. The van der Waals surface area contributed by atoms with Crippen LogP contribution in [0.1, 0.15) is 29.6 Å². The van der Waals surface area contributed by atoms with E-state index in [2.05, 4.69) is 194 Å². The predicted octanol–water partition coefficient (Wildman–Crippen LogP) is 7.40. The molecule has 0 amide bonds. The van der Waals surface area contributed by atoms with Crippen LogP contribution < -0.4 is 17.0 Å². The Balaban J connectivity index is 1.67. The van der Waals surface area contributed by atoms with Crippen molar-refractivity contribution in [1.82, 2.24) is 0 Å². The van der Waals surface area contributed by atoms with E-state index < -0.39 is 23.7 Å². The Morgan fingerprint density at radius 2 is 0.705 bits per heavy atom. The van der Waals surface area contributed by atoms with Crippen molar-refractivity contribution in [3.05, 3.63) is 204 Å². The van der Waals surface area contributed by atoms with E-state index in [1.165, 1.54) is 32.6 Å². The van der Waals surface area contributed by atoms with Gasteiger partial charge in [0.1, 0.15) is 0 Å². The van der Waals surface area contributed by atoms with Crippen LogP contribution in [0.2, 0.25) is 0 Å². The van der Waals surface area contributed by atoms with Crippen molar-refractivity contribution < 1.29 is 17.7 Å². The van der Waals surface area contributed by atoms with Crippen molar-refractivity contribution in [2.75, 3.05) is 0 Å². The fourth-order valence-electron chi connectivity index (χ4n) is 9.18. The Labute approximate surface area is 262 Å². The van der Waals surface area contributed by atoms with Gasteiger partial charge in [-0.2, -0.15) is 0 Å². The number of allylic oxidation sites excluding steroid dienone is 2. The molecule has 6 aromatic carbocycles. The van der Waals surface area contributed by atoms with Crippen molar-refractivity contribution in [2.24, 2.45) is 0 Å². The van der Waals surface area contributed by atoms with Gasteiger partial charge < -0.3 is 0 Å². The molecule has 0 radical (unpaired) electrons. The average Bonchev–Trinajstić information content (AvgIpc) is 3.75. The van der Waals surface area contributed by atoms with Gasteiger partial charge in [-0.05, 0) is 0 Å². The summed E-state index contributed by atoms with van der Waals surface area (Å²) in [6.07, 6.45) is 10.2. The van der Waals surface area contributed by atoms with E-state index in [0.717, 1.165) is 0 Å². The first-order valence-electron chi connectivity index (χ1n) is 15.7. The van der Waals surface area contributed by atoms with Crippen LogP contribution in [-0.4, -0.2) is 5.98 Å². The summed E-state index contributed by atoms with van der Waals surface area (Å²) in [6.45, 7) is 0. The van der Waals surface area contributed by atoms with Gasteiger partial charge in [-0.3, -0.25) is 0 Å². The van der Waals surface area contributed by atoms with Crippen LogP contribution in [0.5, 0.6) is 0 Å². The van der Waals surface area contributed by atoms with Crippen LogP contribution in [0, 0.1) is 0 Å². The van der Waals surface area contributed by atoms with Gasteiger partial charge in [-0.1, -0.05) is 0 Å². The van der Waals surface area contributed by atoms with Gasteiger partial charge in [0.05, 0.1) is 0 Å². The molecule has 0 aromatic heterocycles. The van der Waals surface area contributed by atoms with Gasteiger partial charge >= 0.3 is 264 Å². The van der Waals surface area contributed by atoms with Crippen LogP contribution in [0.4, 0.5) is 0 Å². The molecule has 0 saturated heterocycles. The summed E-state index contributed by atoms with van der Waals surface area (Å²) in [7, 11) is 0. The summed E-state index contributed by atoms with van der Waals surface area (Å²) in [5.41, 5.74) is 5.74. The van der Waals surface area contributed by atoms with Gasteiger partial charge in [0.15, 0.2) is 0 Å². The number of hydrogen-bond acceptors (Lipinski definition) is 0. The maximum atomic E-state index is 2.64. The molecule has 0 spiro atoms. The van der Waals surface area contributed by atoms with Crippen LogP contribution >= 0.6 is 0 Å². The minimum absolute atomic E-state index is 0.297. The molecule has 0 saturated carbocycles. The first-order chi connectivity index (χ1) is 21.8. The summed E-state index contributed by atoms with van der Waals surface area (Å²) >= 11 is -5.13. The predicted molar refractivity (Wildman–Crippen MR) is 188 cm³/mol. The molecule has 0 bridgehead atoms. The third kappa shape index (κ3) is 3.84. The maximum absolute atomic E-state index is 5.13. The van der Waals surface area contributed by atoms with Crippen molar-refractivity contribution in [1.29, 1.82) is 0 Å². The molecular weight excluding hydrogens is 711 g/mol. The SMILES string of the molecule is C1=C[CH]([Hf]([c]2ccccc2)([c]2ccccc2)([CH]2C=Cc3ccccc32)[SiH](c2ccccc2)c2ccccc2)c2ccccc21. The van der Waals surface area contributed by atoms with Crippen molar-refractivity contribution in [2.45, 2.75) is 7.35 Å². The van der Waals surface area contributed by atoms with Crippen LogP contribution in [-0.2, 0) is 17.7 Å². The molecule has 0 N–H and O–H groups in total. The molecule has 2 unspecified atom stereocenters. The van der Waals surface area contributed by atoms with E-state index in [0.29, 0.717) is 7.35 Å². The molecule has 0 aliphatic heterocycles. The fourth-order valence-corrected chi connectivity index (χ4v) is 80.9. The zero-order valence-electron chi connectivity index (χ0n) is 24.7. The molecule has 6 aromatic rings. The van der Waals surface area contributed by atoms with E-state index >= 15 is 0 Å². The van der Waals surface area contributed by atoms with Crippen molar-refractivity contribution in [3.8, 4) is 0 Å². The topological polar surface area (TPSA) is 0 Å². The van der Waals surface area contributed by atoms with Crippen LogP contribution in [0.15, 0.2) is 182 Å². The number of fused-ring (bicyclic) bond motifs is 2. The second kappa shape index (κ2) is 11.1. The molecular formula is C42H35HfSi. The van der Waals surface area contributed by atoms with Crippen LogP contribution in [0.25, 0.3) is 12.2 Å². The third-order valence-electron chi connectivity index (χ3n) is 10.7. The molecule has 0 nitrogen and oxygen atoms in total. The minimum atomic E-state index is -5.13. The van der Waals surface area contributed by atoms with Gasteiger partial charge in [0.25, 0.3) is 0 Å². The zero-order valence-corrected chi connectivity index (χ0v) is 29.5. The van der Waals surface area contributed by atoms with E-state index in [-0.39, 0.29) is 0 Å². The summed E-state index contributed by atoms with van der Waals surface area (Å²) in [5, 5.41) is 3.08. The Kier molecular flexibility index (Phi) is 6.93. The molecule has 211 valence electrons. The van der Waals surface area contributed by atoms with E-state index in [4.69, 9.17) is 0 Å². The van der Waals surface area contributed by atoms with Gasteiger partial charge in [-0.15, -0.1) is 0 Å². The molecule has 2 heteroatoms. The molecule has 0 heterocycles. The molecule has 2 aliphatic rings. The fraction of sp³-hybridized carbons (Fsp3) is 0.0476. The van der Waals surface area contributed by atoms with E-state index in [9.17, 15) is 0 Å². The van der Waals surface area contributed by atoms with Crippen LogP contribution in [0.3, 0.4) is 0 Å². The van der Waals surface area contributed by atoms with Crippen molar-refractivity contribution >= 4 is 35.1 Å². The summed E-state index contributed by atoms with van der Waals surface area (Å²) in [4.78, 5) is 0. The Morgan fingerprint density at radius 1 is 0.364 bits per heavy atom.